The third kappa shape index (κ3) is 2.41. The standard InChI is InChI=1S/C13H15N3O2S/c14-10-11-9(2-1-4-15-11)19-12(10)13(17)16-6-8-3-5-18-7-8/h1-2,4,8H,3,5-7,14H2,(H,16,17). The summed E-state index contributed by atoms with van der Waals surface area (Å²) >= 11 is 1.38. The van der Waals surface area contributed by atoms with Gasteiger partial charge in [-0.3, -0.25) is 9.78 Å². The molecule has 0 saturated carbocycles. The van der Waals surface area contributed by atoms with Crippen molar-refractivity contribution in [2.24, 2.45) is 5.92 Å². The Balaban J connectivity index is 1.75. The molecule has 3 N–H and O–H groups in total. The fourth-order valence-electron chi connectivity index (χ4n) is 2.18. The molecule has 1 aliphatic rings. The molecule has 0 radical (unpaired) electrons. The molecule has 0 aromatic carbocycles. The topological polar surface area (TPSA) is 77.2 Å². The molecule has 6 heteroatoms. The van der Waals surface area contributed by atoms with Crippen molar-refractivity contribution in [1.29, 1.82) is 0 Å². The van der Waals surface area contributed by atoms with E-state index in [9.17, 15) is 4.79 Å². The van der Waals surface area contributed by atoms with Crippen LogP contribution in [0.15, 0.2) is 18.3 Å². The Bertz CT molecular complexity index is 605. The number of fused-ring (bicyclic) bond motifs is 1. The Morgan fingerprint density at radius 1 is 1.63 bits per heavy atom. The number of carbonyl (C=O) groups excluding carboxylic acids is 1. The number of nitrogen functional groups attached to an aromatic ring is 1. The van der Waals surface area contributed by atoms with Crippen LogP contribution < -0.4 is 11.1 Å². The van der Waals surface area contributed by atoms with Crippen LogP contribution in [0.3, 0.4) is 0 Å². The number of amides is 1. The Hall–Kier alpha value is -1.66. The normalized spacial score (nSPS) is 18.8. The van der Waals surface area contributed by atoms with Crippen LogP contribution in [0.25, 0.3) is 10.2 Å². The van der Waals surface area contributed by atoms with Crippen LogP contribution in [0.5, 0.6) is 0 Å². The Labute approximate surface area is 114 Å². The molecule has 1 unspecified atom stereocenters. The first-order valence-corrected chi connectivity index (χ1v) is 7.06. The first-order chi connectivity index (χ1) is 9.25. The summed E-state index contributed by atoms with van der Waals surface area (Å²) in [6.07, 6.45) is 2.69. The number of rotatable bonds is 3. The lowest BCUT2D eigenvalue weighted by molar-refractivity contribution is 0.0950. The number of pyridine rings is 1. The predicted octanol–water partition coefficient (Wildman–Crippen LogP) is 1.64. The monoisotopic (exact) mass is 277 g/mol. The highest BCUT2D eigenvalue weighted by Crippen LogP contribution is 2.31. The largest absolute Gasteiger partial charge is 0.396 e. The van der Waals surface area contributed by atoms with E-state index in [4.69, 9.17) is 10.5 Å². The van der Waals surface area contributed by atoms with Gasteiger partial charge in [-0.1, -0.05) is 0 Å². The molecular weight excluding hydrogens is 262 g/mol. The first kappa shape index (κ1) is 12.4. The third-order valence-corrected chi connectivity index (χ3v) is 4.42. The van der Waals surface area contributed by atoms with E-state index in [1.54, 1.807) is 6.20 Å². The molecule has 0 aliphatic carbocycles. The van der Waals surface area contributed by atoms with Crippen LogP contribution in [0.4, 0.5) is 5.69 Å². The van der Waals surface area contributed by atoms with Gasteiger partial charge >= 0.3 is 0 Å². The van der Waals surface area contributed by atoms with Crippen molar-refractivity contribution in [2.45, 2.75) is 6.42 Å². The number of hydrogen-bond acceptors (Lipinski definition) is 5. The van der Waals surface area contributed by atoms with Crippen LogP contribution in [0.1, 0.15) is 16.1 Å². The molecule has 1 saturated heterocycles. The van der Waals surface area contributed by atoms with Gasteiger partial charge in [-0.15, -0.1) is 11.3 Å². The summed E-state index contributed by atoms with van der Waals surface area (Å²) in [7, 11) is 0. The maximum atomic E-state index is 12.1. The van der Waals surface area contributed by atoms with Crippen LogP contribution in [-0.2, 0) is 4.74 Å². The average Bonchev–Trinajstić information content (AvgIpc) is 3.05. The second-order valence-electron chi connectivity index (χ2n) is 4.63. The van der Waals surface area contributed by atoms with E-state index < -0.39 is 0 Å². The predicted molar refractivity (Wildman–Crippen MR) is 75.3 cm³/mol. The van der Waals surface area contributed by atoms with E-state index in [1.807, 2.05) is 12.1 Å². The number of hydrogen-bond donors (Lipinski definition) is 2. The van der Waals surface area contributed by atoms with Crippen molar-refractivity contribution in [3.05, 3.63) is 23.2 Å². The van der Waals surface area contributed by atoms with Crippen molar-refractivity contribution in [3.63, 3.8) is 0 Å². The number of nitrogens with two attached hydrogens (primary N) is 1. The minimum atomic E-state index is -0.118. The first-order valence-electron chi connectivity index (χ1n) is 6.24. The van der Waals surface area contributed by atoms with Gasteiger partial charge in [0, 0.05) is 25.3 Å². The number of anilines is 1. The van der Waals surface area contributed by atoms with Gasteiger partial charge < -0.3 is 15.8 Å². The highest BCUT2D eigenvalue weighted by molar-refractivity contribution is 7.21. The van der Waals surface area contributed by atoms with Gasteiger partial charge in [0.2, 0.25) is 0 Å². The summed E-state index contributed by atoms with van der Waals surface area (Å²) in [5.74, 6) is 0.296. The molecule has 100 valence electrons. The highest BCUT2D eigenvalue weighted by atomic mass is 32.1. The molecule has 0 spiro atoms. The van der Waals surface area contributed by atoms with Gasteiger partial charge in [-0.2, -0.15) is 0 Å². The summed E-state index contributed by atoms with van der Waals surface area (Å²) in [6.45, 7) is 2.15. The number of nitrogens with one attached hydrogen (secondary N) is 1. The Morgan fingerprint density at radius 3 is 3.26 bits per heavy atom. The van der Waals surface area contributed by atoms with Crippen LogP contribution in [-0.4, -0.2) is 30.6 Å². The third-order valence-electron chi connectivity index (χ3n) is 3.26. The summed E-state index contributed by atoms with van der Waals surface area (Å²) < 4.78 is 6.22. The van der Waals surface area contributed by atoms with Gasteiger partial charge in [-0.25, -0.2) is 0 Å². The minimum absolute atomic E-state index is 0.118. The van der Waals surface area contributed by atoms with Gasteiger partial charge in [-0.05, 0) is 18.6 Å². The van der Waals surface area contributed by atoms with Gasteiger partial charge in [0.05, 0.1) is 17.0 Å². The SMILES string of the molecule is Nc1c(C(=O)NCC2CCOC2)sc2cccnc12. The lowest BCUT2D eigenvalue weighted by atomic mass is 10.1. The maximum absolute atomic E-state index is 12.1. The second-order valence-corrected chi connectivity index (χ2v) is 5.69. The van der Waals surface area contributed by atoms with E-state index >= 15 is 0 Å². The van der Waals surface area contributed by atoms with E-state index in [-0.39, 0.29) is 5.91 Å². The highest BCUT2D eigenvalue weighted by Gasteiger charge is 2.20. The van der Waals surface area contributed by atoms with Crippen LogP contribution >= 0.6 is 11.3 Å². The Morgan fingerprint density at radius 2 is 2.53 bits per heavy atom. The second kappa shape index (κ2) is 5.14. The minimum Gasteiger partial charge on any atom is -0.396 e. The van der Waals surface area contributed by atoms with Crippen molar-refractivity contribution in [2.75, 3.05) is 25.5 Å². The fourth-order valence-corrected chi connectivity index (χ4v) is 3.18. The van der Waals surface area contributed by atoms with E-state index in [2.05, 4.69) is 10.3 Å². The van der Waals surface area contributed by atoms with Crippen LogP contribution in [0, 0.1) is 5.92 Å². The van der Waals surface area contributed by atoms with E-state index in [0.29, 0.717) is 28.5 Å². The van der Waals surface area contributed by atoms with E-state index in [0.717, 1.165) is 24.3 Å². The molecule has 2 aromatic rings. The molecule has 0 bridgehead atoms. The van der Waals surface area contributed by atoms with Gasteiger partial charge in [0.1, 0.15) is 10.4 Å². The van der Waals surface area contributed by atoms with Crippen LogP contribution in [0.2, 0.25) is 0 Å². The van der Waals surface area contributed by atoms with Crippen molar-refractivity contribution in [1.82, 2.24) is 10.3 Å². The Kier molecular flexibility index (Phi) is 3.35. The summed E-state index contributed by atoms with van der Waals surface area (Å²) in [5, 5.41) is 2.93. The fraction of sp³-hybridized carbons (Fsp3) is 0.385. The number of ether oxygens (including phenoxy) is 1. The molecule has 1 aliphatic heterocycles. The number of aromatic nitrogens is 1. The van der Waals surface area contributed by atoms with E-state index in [1.165, 1.54) is 11.3 Å². The number of thiophene rings is 1. The number of nitrogens with zero attached hydrogens (tertiary/aromatic N) is 1. The molecule has 19 heavy (non-hydrogen) atoms. The molecule has 1 amide bonds. The summed E-state index contributed by atoms with van der Waals surface area (Å²) in [5.41, 5.74) is 7.17. The quantitative estimate of drug-likeness (QED) is 0.894. The molecule has 1 fully saturated rings. The molecule has 3 heterocycles. The maximum Gasteiger partial charge on any atom is 0.263 e. The molecule has 5 nitrogen and oxygen atoms in total. The molecular formula is C13H15N3O2S. The number of carbonyl (C=O) groups is 1. The van der Waals surface area contributed by atoms with Gasteiger partial charge in [0.25, 0.3) is 5.91 Å². The average molecular weight is 277 g/mol. The zero-order chi connectivity index (χ0) is 13.2. The van der Waals surface area contributed by atoms with Crippen molar-refractivity contribution in [3.8, 4) is 0 Å². The molecule has 2 aromatic heterocycles. The van der Waals surface area contributed by atoms with Crippen molar-refractivity contribution >= 4 is 33.1 Å². The van der Waals surface area contributed by atoms with Crippen molar-refractivity contribution < 1.29 is 9.53 Å². The zero-order valence-corrected chi connectivity index (χ0v) is 11.2. The van der Waals surface area contributed by atoms with Gasteiger partial charge in [0.15, 0.2) is 0 Å². The summed E-state index contributed by atoms with van der Waals surface area (Å²) in [4.78, 5) is 16.9. The summed E-state index contributed by atoms with van der Waals surface area (Å²) in [6, 6.07) is 3.76. The lowest BCUT2D eigenvalue weighted by Gasteiger charge is -2.08. The lowest BCUT2D eigenvalue weighted by Crippen LogP contribution is -2.29. The zero-order valence-electron chi connectivity index (χ0n) is 10.4. The molecule has 1 atom stereocenters. The molecule has 3 rings (SSSR count). The smallest absolute Gasteiger partial charge is 0.263 e.